The van der Waals surface area contributed by atoms with Crippen LogP contribution in [-0.2, 0) is 10.9 Å². The van der Waals surface area contributed by atoms with E-state index in [-0.39, 0.29) is 18.0 Å². The lowest BCUT2D eigenvalue weighted by Gasteiger charge is -2.23. The number of ether oxygens (including phenoxy) is 1. The van der Waals surface area contributed by atoms with Gasteiger partial charge in [0.2, 0.25) is 0 Å². The fourth-order valence-electron chi connectivity index (χ4n) is 2.03. The lowest BCUT2D eigenvalue weighted by atomic mass is 9.96. The molecule has 0 saturated heterocycles. The Bertz CT molecular complexity index is 602. The van der Waals surface area contributed by atoms with E-state index in [0.29, 0.717) is 6.07 Å². The first-order valence-electron chi connectivity index (χ1n) is 7.51. The Labute approximate surface area is 148 Å². The van der Waals surface area contributed by atoms with Gasteiger partial charge in [0.25, 0.3) is 0 Å². The third-order valence-electron chi connectivity index (χ3n) is 3.11. The topological polar surface area (TPSA) is 78.8 Å². The van der Waals surface area contributed by atoms with Crippen molar-refractivity contribution in [3.05, 3.63) is 34.3 Å². The molecule has 9 heteroatoms. The maximum absolute atomic E-state index is 13.0. The summed E-state index contributed by atoms with van der Waals surface area (Å²) in [6.45, 7) is 4.93. The molecule has 1 aromatic carbocycles. The number of carbonyl (C=O) groups is 1. The summed E-state index contributed by atoms with van der Waals surface area (Å²) in [4.78, 5) is 11.5. The fourth-order valence-corrected chi connectivity index (χ4v) is 2.21. The highest BCUT2D eigenvalue weighted by Crippen LogP contribution is 2.37. The molecule has 2 atom stereocenters. The number of hydrogen-bond acceptors (Lipinski definition) is 4. The van der Waals surface area contributed by atoms with Crippen LogP contribution in [0.5, 0.6) is 0 Å². The van der Waals surface area contributed by atoms with E-state index < -0.39 is 41.2 Å². The van der Waals surface area contributed by atoms with E-state index in [0.717, 1.165) is 6.07 Å². The number of hydrogen-bond donors (Lipinski definition) is 3. The summed E-state index contributed by atoms with van der Waals surface area (Å²) in [7, 11) is 0. The highest BCUT2D eigenvalue weighted by atomic mass is 35.5. The van der Waals surface area contributed by atoms with Gasteiger partial charge in [-0.1, -0.05) is 17.7 Å². The van der Waals surface area contributed by atoms with Gasteiger partial charge in [-0.3, -0.25) is 0 Å². The average molecular weight is 384 g/mol. The van der Waals surface area contributed by atoms with E-state index in [1.165, 1.54) is 6.07 Å². The van der Waals surface area contributed by atoms with Crippen molar-refractivity contribution >= 4 is 17.7 Å². The average Bonchev–Trinajstić information content (AvgIpc) is 2.43. The number of halogens is 4. The number of carbonyl (C=O) groups excluding carboxylic acids is 1. The smallest absolute Gasteiger partial charge is 0.416 e. The highest BCUT2D eigenvalue weighted by molar-refractivity contribution is 6.30. The molecule has 0 aliphatic carbocycles. The first-order chi connectivity index (χ1) is 11.3. The summed E-state index contributed by atoms with van der Waals surface area (Å²) in [5.74, 6) is 0. The molecule has 0 bridgehead atoms. The van der Waals surface area contributed by atoms with Crippen LogP contribution in [0.25, 0.3) is 0 Å². The minimum atomic E-state index is -4.73. The molecule has 0 aliphatic rings. The monoisotopic (exact) mass is 383 g/mol. The molecule has 0 heterocycles. The Morgan fingerprint density at radius 1 is 1.28 bits per heavy atom. The maximum Gasteiger partial charge on any atom is 0.416 e. The number of alkyl halides is 3. The van der Waals surface area contributed by atoms with Crippen LogP contribution in [0.4, 0.5) is 18.0 Å². The minimum Gasteiger partial charge on any atom is -0.444 e. The van der Waals surface area contributed by atoms with Crippen molar-refractivity contribution in [1.29, 1.82) is 0 Å². The van der Waals surface area contributed by atoms with Gasteiger partial charge in [-0.25, -0.2) is 4.79 Å². The van der Waals surface area contributed by atoms with Gasteiger partial charge >= 0.3 is 12.3 Å². The number of aliphatic hydroxyl groups excluding tert-OH is 2. The Kier molecular flexibility index (Phi) is 7.10. The Morgan fingerprint density at radius 2 is 1.88 bits per heavy atom. The Hall–Kier alpha value is -1.51. The lowest BCUT2D eigenvalue weighted by molar-refractivity contribution is -0.140. The molecule has 1 rings (SSSR count). The van der Waals surface area contributed by atoms with E-state index in [9.17, 15) is 28.2 Å². The molecule has 1 amide bonds. The number of aliphatic hydroxyl groups is 2. The molecule has 25 heavy (non-hydrogen) atoms. The third kappa shape index (κ3) is 7.09. The molecule has 0 radical (unpaired) electrons. The van der Waals surface area contributed by atoms with Gasteiger partial charge in [0.05, 0.1) is 11.7 Å². The maximum atomic E-state index is 13.0. The summed E-state index contributed by atoms with van der Waals surface area (Å²) in [5.41, 5.74) is -2.30. The van der Waals surface area contributed by atoms with E-state index in [2.05, 4.69) is 5.32 Å². The van der Waals surface area contributed by atoms with Crippen LogP contribution in [0, 0.1) is 0 Å². The molecule has 142 valence electrons. The molecule has 2 unspecified atom stereocenters. The van der Waals surface area contributed by atoms with Crippen LogP contribution in [-0.4, -0.2) is 34.6 Å². The number of amides is 1. The van der Waals surface area contributed by atoms with Crippen molar-refractivity contribution in [1.82, 2.24) is 5.32 Å². The SMILES string of the molecule is CC(C)(C)OC(=O)NCCC(O)C(O)c1ccc(Cl)cc1C(F)(F)F. The van der Waals surface area contributed by atoms with Gasteiger partial charge < -0.3 is 20.3 Å². The summed E-state index contributed by atoms with van der Waals surface area (Å²) in [6, 6.07) is 2.90. The predicted octanol–water partition coefficient (Wildman–Crippen LogP) is 3.67. The quantitative estimate of drug-likeness (QED) is 0.725. The number of nitrogens with one attached hydrogen (secondary N) is 1. The second-order valence-electron chi connectivity index (χ2n) is 6.46. The van der Waals surface area contributed by atoms with Crippen molar-refractivity contribution in [3.8, 4) is 0 Å². The second-order valence-corrected chi connectivity index (χ2v) is 6.90. The normalized spacial score (nSPS) is 14.8. The molecule has 0 saturated carbocycles. The van der Waals surface area contributed by atoms with Crippen LogP contribution in [0.1, 0.15) is 44.4 Å². The van der Waals surface area contributed by atoms with Crippen LogP contribution in [0.3, 0.4) is 0 Å². The van der Waals surface area contributed by atoms with E-state index >= 15 is 0 Å². The van der Waals surface area contributed by atoms with Gasteiger partial charge in [-0.2, -0.15) is 13.2 Å². The molecule has 0 spiro atoms. The van der Waals surface area contributed by atoms with Gasteiger partial charge in [-0.15, -0.1) is 0 Å². The van der Waals surface area contributed by atoms with E-state index in [4.69, 9.17) is 16.3 Å². The zero-order valence-electron chi connectivity index (χ0n) is 14.0. The molecule has 1 aromatic rings. The number of benzene rings is 1. The second kappa shape index (κ2) is 8.25. The van der Waals surface area contributed by atoms with Crippen LogP contribution in [0.2, 0.25) is 5.02 Å². The summed E-state index contributed by atoms with van der Waals surface area (Å²) >= 11 is 5.57. The van der Waals surface area contributed by atoms with Crippen molar-refractivity contribution in [2.24, 2.45) is 0 Å². The molecule has 3 N–H and O–H groups in total. The Balaban J connectivity index is 2.71. The molecular formula is C16H21ClF3NO4. The van der Waals surface area contributed by atoms with Crippen molar-refractivity contribution in [2.45, 2.75) is 51.2 Å². The fraction of sp³-hybridized carbons (Fsp3) is 0.562. The molecule has 0 aliphatic heterocycles. The lowest BCUT2D eigenvalue weighted by Crippen LogP contribution is -2.34. The summed E-state index contributed by atoms with van der Waals surface area (Å²) in [6.07, 6.45) is -8.92. The van der Waals surface area contributed by atoms with Crippen molar-refractivity contribution in [2.75, 3.05) is 6.54 Å². The van der Waals surface area contributed by atoms with Crippen molar-refractivity contribution < 1.29 is 32.9 Å². The number of rotatable bonds is 5. The predicted molar refractivity (Wildman–Crippen MR) is 86.3 cm³/mol. The highest BCUT2D eigenvalue weighted by Gasteiger charge is 2.36. The van der Waals surface area contributed by atoms with Gasteiger partial charge in [0.15, 0.2) is 0 Å². The van der Waals surface area contributed by atoms with Gasteiger partial charge in [0.1, 0.15) is 11.7 Å². The zero-order valence-corrected chi connectivity index (χ0v) is 14.8. The van der Waals surface area contributed by atoms with Crippen LogP contribution in [0.15, 0.2) is 18.2 Å². The van der Waals surface area contributed by atoms with Crippen molar-refractivity contribution in [3.63, 3.8) is 0 Å². The van der Waals surface area contributed by atoms with E-state index in [1.54, 1.807) is 20.8 Å². The molecule has 0 aromatic heterocycles. The largest absolute Gasteiger partial charge is 0.444 e. The van der Waals surface area contributed by atoms with Crippen LogP contribution < -0.4 is 5.32 Å². The summed E-state index contributed by atoms with van der Waals surface area (Å²) < 4.78 is 44.1. The van der Waals surface area contributed by atoms with E-state index in [1.807, 2.05) is 0 Å². The number of alkyl carbamates (subject to hydrolysis) is 1. The van der Waals surface area contributed by atoms with Gasteiger partial charge in [-0.05, 0) is 44.9 Å². The first-order valence-corrected chi connectivity index (χ1v) is 7.88. The molecule has 5 nitrogen and oxygen atoms in total. The summed E-state index contributed by atoms with van der Waals surface area (Å²) in [5, 5.41) is 22.2. The zero-order chi connectivity index (χ0) is 19.4. The molecule has 0 fully saturated rings. The molecular weight excluding hydrogens is 363 g/mol. The standard InChI is InChI=1S/C16H21ClF3NO4/c1-15(2,3)25-14(24)21-7-6-12(22)13(23)10-5-4-9(17)8-11(10)16(18,19)20/h4-5,8,12-13,22-23H,6-7H2,1-3H3,(H,21,24). The third-order valence-corrected chi connectivity index (χ3v) is 3.35. The first kappa shape index (κ1) is 21.5. The van der Waals surface area contributed by atoms with Crippen LogP contribution >= 0.6 is 11.6 Å². The Morgan fingerprint density at radius 3 is 2.40 bits per heavy atom. The van der Waals surface area contributed by atoms with Gasteiger partial charge in [0, 0.05) is 11.6 Å². The minimum absolute atomic E-state index is 0.0813.